The van der Waals surface area contributed by atoms with Crippen LogP contribution in [-0.2, 0) is 4.79 Å². The van der Waals surface area contributed by atoms with Gasteiger partial charge in [0.1, 0.15) is 0 Å². The molecule has 76 valence electrons. The lowest BCUT2D eigenvalue weighted by Gasteiger charge is -1.95. The standard InChI is InChI=1S/C10H11BrO2S/c1-7(3-2-4-10(12)13)9-5-8(11)6-14-9/h3,5-6H,2,4H2,1H3,(H,12,13). The monoisotopic (exact) mass is 274 g/mol. The number of carboxylic acids is 1. The molecule has 0 saturated heterocycles. The highest BCUT2D eigenvalue weighted by Crippen LogP contribution is 2.26. The van der Waals surface area contributed by atoms with E-state index in [1.54, 1.807) is 11.3 Å². The van der Waals surface area contributed by atoms with Gasteiger partial charge in [-0.15, -0.1) is 11.3 Å². The second-order valence-electron chi connectivity index (χ2n) is 2.95. The third-order valence-electron chi connectivity index (χ3n) is 1.76. The highest BCUT2D eigenvalue weighted by atomic mass is 79.9. The molecule has 0 aliphatic rings. The fourth-order valence-corrected chi connectivity index (χ4v) is 2.47. The van der Waals surface area contributed by atoms with Gasteiger partial charge < -0.3 is 5.11 Å². The van der Waals surface area contributed by atoms with E-state index in [0.717, 1.165) is 10.0 Å². The highest BCUT2D eigenvalue weighted by molar-refractivity contribution is 9.10. The summed E-state index contributed by atoms with van der Waals surface area (Å²) in [7, 11) is 0. The molecule has 0 radical (unpaired) electrons. The van der Waals surface area contributed by atoms with E-state index in [9.17, 15) is 4.79 Å². The molecule has 0 amide bonds. The summed E-state index contributed by atoms with van der Waals surface area (Å²) in [4.78, 5) is 11.5. The number of carbonyl (C=O) groups is 1. The number of carboxylic acid groups (broad SMARTS) is 1. The Bertz CT molecular complexity index is 355. The molecule has 0 aliphatic carbocycles. The fourth-order valence-electron chi connectivity index (χ4n) is 1.03. The van der Waals surface area contributed by atoms with E-state index in [1.165, 1.54) is 4.88 Å². The molecular weight excluding hydrogens is 264 g/mol. The highest BCUT2D eigenvalue weighted by Gasteiger charge is 2.00. The van der Waals surface area contributed by atoms with Gasteiger partial charge in [0.25, 0.3) is 0 Å². The lowest BCUT2D eigenvalue weighted by Crippen LogP contribution is -1.91. The number of hydrogen-bond donors (Lipinski definition) is 1. The molecule has 0 saturated carbocycles. The maximum Gasteiger partial charge on any atom is 0.303 e. The van der Waals surface area contributed by atoms with Crippen molar-refractivity contribution in [1.29, 1.82) is 0 Å². The molecule has 1 rings (SSSR count). The van der Waals surface area contributed by atoms with E-state index >= 15 is 0 Å². The van der Waals surface area contributed by atoms with Crippen molar-refractivity contribution < 1.29 is 9.90 Å². The Balaban J connectivity index is 2.56. The molecule has 1 aromatic heterocycles. The summed E-state index contributed by atoms with van der Waals surface area (Å²) >= 11 is 5.03. The zero-order chi connectivity index (χ0) is 10.6. The number of rotatable bonds is 4. The van der Waals surface area contributed by atoms with Crippen LogP contribution in [0.25, 0.3) is 5.57 Å². The average molecular weight is 275 g/mol. The molecule has 0 aromatic carbocycles. The number of halogens is 1. The minimum absolute atomic E-state index is 0.198. The van der Waals surface area contributed by atoms with Crippen molar-refractivity contribution in [2.24, 2.45) is 0 Å². The number of thiophene rings is 1. The summed E-state index contributed by atoms with van der Waals surface area (Å²) in [5.74, 6) is -0.749. The summed E-state index contributed by atoms with van der Waals surface area (Å²) in [5, 5.41) is 10.5. The van der Waals surface area contributed by atoms with E-state index < -0.39 is 5.97 Å². The number of hydrogen-bond acceptors (Lipinski definition) is 2. The zero-order valence-electron chi connectivity index (χ0n) is 7.79. The van der Waals surface area contributed by atoms with Crippen molar-refractivity contribution in [3.63, 3.8) is 0 Å². The predicted molar refractivity (Wildman–Crippen MR) is 62.5 cm³/mol. The van der Waals surface area contributed by atoms with Crippen LogP contribution in [0.15, 0.2) is 22.0 Å². The maximum atomic E-state index is 10.3. The Kier molecular flexibility index (Phi) is 4.35. The molecule has 0 atom stereocenters. The molecular formula is C10H11BrO2S. The first-order valence-electron chi connectivity index (χ1n) is 4.22. The molecule has 4 heteroatoms. The van der Waals surface area contributed by atoms with E-state index in [1.807, 2.05) is 24.4 Å². The van der Waals surface area contributed by atoms with Gasteiger partial charge >= 0.3 is 5.97 Å². The Morgan fingerprint density at radius 2 is 2.43 bits per heavy atom. The van der Waals surface area contributed by atoms with Gasteiger partial charge in [-0.2, -0.15) is 0 Å². The van der Waals surface area contributed by atoms with Crippen molar-refractivity contribution in [2.75, 3.05) is 0 Å². The van der Waals surface area contributed by atoms with Crippen LogP contribution in [0.2, 0.25) is 0 Å². The van der Waals surface area contributed by atoms with E-state index in [-0.39, 0.29) is 6.42 Å². The molecule has 14 heavy (non-hydrogen) atoms. The molecule has 0 fully saturated rings. The van der Waals surface area contributed by atoms with E-state index in [4.69, 9.17) is 5.11 Å². The largest absolute Gasteiger partial charge is 0.481 e. The smallest absolute Gasteiger partial charge is 0.303 e. The van der Waals surface area contributed by atoms with Crippen LogP contribution in [0.1, 0.15) is 24.6 Å². The second kappa shape index (κ2) is 5.32. The molecule has 1 heterocycles. The predicted octanol–water partition coefficient (Wildman–Crippen LogP) is 3.78. The molecule has 1 aromatic rings. The van der Waals surface area contributed by atoms with E-state index in [0.29, 0.717) is 6.42 Å². The maximum absolute atomic E-state index is 10.3. The minimum atomic E-state index is -0.749. The van der Waals surface area contributed by atoms with Gasteiger partial charge in [0.2, 0.25) is 0 Å². The van der Waals surface area contributed by atoms with Gasteiger partial charge in [-0.1, -0.05) is 6.08 Å². The van der Waals surface area contributed by atoms with Crippen molar-refractivity contribution in [3.8, 4) is 0 Å². The van der Waals surface area contributed by atoms with Crippen LogP contribution < -0.4 is 0 Å². The summed E-state index contributed by atoms with van der Waals surface area (Å²) in [6.07, 6.45) is 2.76. The van der Waals surface area contributed by atoms with Crippen LogP contribution in [-0.4, -0.2) is 11.1 Å². The zero-order valence-corrected chi connectivity index (χ0v) is 10.2. The summed E-state index contributed by atoms with van der Waals surface area (Å²) in [6.45, 7) is 2.00. The second-order valence-corrected chi connectivity index (χ2v) is 4.78. The summed E-state index contributed by atoms with van der Waals surface area (Å²) in [6, 6.07) is 2.04. The van der Waals surface area contributed by atoms with Crippen LogP contribution in [0.4, 0.5) is 0 Å². The third kappa shape index (κ3) is 3.64. The first-order valence-corrected chi connectivity index (χ1v) is 5.90. The SMILES string of the molecule is CC(=CCCC(=O)O)c1cc(Br)cs1. The van der Waals surface area contributed by atoms with Crippen molar-refractivity contribution in [3.05, 3.63) is 26.9 Å². The topological polar surface area (TPSA) is 37.3 Å². The molecule has 0 aliphatic heterocycles. The van der Waals surface area contributed by atoms with Crippen LogP contribution in [0.5, 0.6) is 0 Å². The fraction of sp³-hybridized carbons (Fsp3) is 0.300. The summed E-state index contributed by atoms with van der Waals surface area (Å²) in [5.41, 5.74) is 1.14. The van der Waals surface area contributed by atoms with Gasteiger partial charge in [-0.05, 0) is 40.9 Å². The Morgan fingerprint density at radius 1 is 1.71 bits per heavy atom. The van der Waals surface area contributed by atoms with Crippen molar-refractivity contribution in [2.45, 2.75) is 19.8 Å². The van der Waals surface area contributed by atoms with Gasteiger partial charge in [0.05, 0.1) is 0 Å². The molecule has 0 unspecified atom stereocenters. The number of aliphatic carboxylic acids is 1. The van der Waals surface area contributed by atoms with Gasteiger partial charge in [-0.25, -0.2) is 0 Å². The quantitative estimate of drug-likeness (QED) is 0.908. The summed E-state index contributed by atoms with van der Waals surface area (Å²) < 4.78 is 1.07. The molecule has 2 nitrogen and oxygen atoms in total. The van der Waals surface area contributed by atoms with Crippen molar-refractivity contribution >= 4 is 38.8 Å². The molecule has 1 N–H and O–H groups in total. The normalized spacial score (nSPS) is 11.7. The van der Waals surface area contributed by atoms with Crippen LogP contribution in [0, 0.1) is 0 Å². The van der Waals surface area contributed by atoms with Crippen LogP contribution in [0.3, 0.4) is 0 Å². The average Bonchev–Trinajstić information content (AvgIpc) is 2.51. The molecule has 0 bridgehead atoms. The van der Waals surface area contributed by atoms with E-state index in [2.05, 4.69) is 15.9 Å². The lowest BCUT2D eigenvalue weighted by molar-refractivity contribution is -0.136. The first kappa shape index (κ1) is 11.5. The minimum Gasteiger partial charge on any atom is -0.481 e. The van der Waals surface area contributed by atoms with Crippen molar-refractivity contribution in [1.82, 2.24) is 0 Å². The first-order chi connectivity index (χ1) is 6.59. The lowest BCUT2D eigenvalue weighted by atomic mass is 10.2. The van der Waals surface area contributed by atoms with Gasteiger partial charge in [0.15, 0.2) is 0 Å². The Morgan fingerprint density at radius 3 is 2.93 bits per heavy atom. The van der Waals surface area contributed by atoms with Gasteiger partial charge in [0, 0.05) is 21.2 Å². The third-order valence-corrected chi connectivity index (χ3v) is 3.59. The Hall–Kier alpha value is -0.610. The van der Waals surface area contributed by atoms with Gasteiger partial charge in [-0.3, -0.25) is 4.79 Å². The van der Waals surface area contributed by atoms with Crippen LogP contribution >= 0.6 is 27.3 Å². The Labute approximate surface area is 95.4 Å². The molecule has 0 spiro atoms. The number of allylic oxidation sites excluding steroid dienone is 2.